The highest BCUT2D eigenvalue weighted by molar-refractivity contribution is 7.98. The van der Waals surface area contributed by atoms with Crippen LogP contribution in [0.5, 0.6) is 5.75 Å². The number of methoxy groups -OCH3 is 1. The first-order valence-corrected chi connectivity index (χ1v) is 8.86. The molecule has 0 aliphatic heterocycles. The number of sulfonamides is 1. The van der Waals surface area contributed by atoms with Crippen LogP contribution in [0.2, 0.25) is 0 Å². The second-order valence-electron chi connectivity index (χ2n) is 4.03. The van der Waals surface area contributed by atoms with E-state index in [2.05, 4.69) is 11.6 Å². The Morgan fingerprint density at radius 1 is 1.37 bits per heavy atom. The quantitative estimate of drug-likeness (QED) is 0.717. The SMILES string of the molecule is COc1ccc(S(N)(=O)=O)cc1NCCCCSC. The summed E-state index contributed by atoms with van der Waals surface area (Å²) in [5.41, 5.74) is 0.651. The highest BCUT2D eigenvalue weighted by atomic mass is 32.2. The van der Waals surface area contributed by atoms with Gasteiger partial charge in [-0.25, -0.2) is 13.6 Å². The fourth-order valence-corrected chi connectivity index (χ4v) is 2.63. The second kappa shape index (κ2) is 7.62. The molecule has 0 aliphatic rings. The van der Waals surface area contributed by atoms with Crippen LogP contribution in [0.15, 0.2) is 23.1 Å². The average molecular weight is 304 g/mol. The number of thioether (sulfide) groups is 1. The van der Waals surface area contributed by atoms with Crippen LogP contribution in [-0.4, -0.2) is 34.1 Å². The molecule has 0 atom stereocenters. The lowest BCUT2D eigenvalue weighted by Gasteiger charge is -2.12. The van der Waals surface area contributed by atoms with Crippen molar-refractivity contribution in [3.05, 3.63) is 18.2 Å². The highest BCUT2D eigenvalue weighted by Crippen LogP contribution is 2.27. The Kier molecular flexibility index (Phi) is 6.47. The molecule has 0 spiro atoms. The number of ether oxygens (including phenoxy) is 1. The van der Waals surface area contributed by atoms with Crippen LogP contribution in [0, 0.1) is 0 Å². The Balaban J connectivity index is 2.74. The number of nitrogens with one attached hydrogen (secondary N) is 1. The number of benzene rings is 1. The zero-order chi connectivity index (χ0) is 14.3. The number of anilines is 1. The van der Waals surface area contributed by atoms with Gasteiger partial charge in [-0.15, -0.1) is 0 Å². The monoisotopic (exact) mass is 304 g/mol. The minimum Gasteiger partial charge on any atom is -0.495 e. The Bertz CT molecular complexity index is 504. The van der Waals surface area contributed by atoms with Crippen molar-refractivity contribution in [2.75, 3.05) is 31.0 Å². The van der Waals surface area contributed by atoms with E-state index in [0.717, 1.165) is 25.1 Å². The van der Waals surface area contributed by atoms with Gasteiger partial charge in [-0.2, -0.15) is 11.8 Å². The van der Waals surface area contributed by atoms with Crippen molar-refractivity contribution in [1.29, 1.82) is 0 Å². The third-order valence-electron chi connectivity index (χ3n) is 2.59. The molecule has 0 aromatic heterocycles. The van der Waals surface area contributed by atoms with E-state index in [1.54, 1.807) is 13.2 Å². The first kappa shape index (κ1) is 16.1. The largest absolute Gasteiger partial charge is 0.495 e. The number of hydrogen-bond acceptors (Lipinski definition) is 5. The molecule has 1 aromatic rings. The van der Waals surface area contributed by atoms with Gasteiger partial charge < -0.3 is 10.1 Å². The lowest BCUT2D eigenvalue weighted by atomic mass is 10.2. The van der Waals surface area contributed by atoms with Gasteiger partial charge >= 0.3 is 0 Å². The van der Waals surface area contributed by atoms with Crippen LogP contribution >= 0.6 is 11.8 Å². The molecule has 0 aliphatic carbocycles. The molecule has 0 unspecified atom stereocenters. The fraction of sp³-hybridized carbons (Fsp3) is 0.500. The summed E-state index contributed by atoms with van der Waals surface area (Å²) in [5, 5.41) is 8.29. The molecule has 5 nitrogen and oxygen atoms in total. The molecule has 1 aromatic carbocycles. The highest BCUT2D eigenvalue weighted by Gasteiger charge is 2.11. The lowest BCUT2D eigenvalue weighted by molar-refractivity contribution is 0.416. The van der Waals surface area contributed by atoms with Crippen LogP contribution in [0.3, 0.4) is 0 Å². The van der Waals surface area contributed by atoms with E-state index in [4.69, 9.17) is 9.88 Å². The van der Waals surface area contributed by atoms with Crippen LogP contribution in [-0.2, 0) is 10.0 Å². The molecular formula is C12H20N2O3S2. The Labute approximate surface area is 119 Å². The zero-order valence-electron chi connectivity index (χ0n) is 11.2. The molecule has 7 heteroatoms. The molecule has 0 saturated carbocycles. The van der Waals surface area contributed by atoms with Gasteiger partial charge in [-0.3, -0.25) is 0 Å². The zero-order valence-corrected chi connectivity index (χ0v) is 12.8. The molecule has 0 radical (unpaired) electrons. The number of hydrogen-bond donors (Lipinski definition) is 2. The summed E-state index contributed by atoms with van der Waals surface area (Å²) >= 11 is 1.81. The predicted molar refractivity (Wildman–Crippen MR) is 80.5 cm³/mol. The van der Waals surface area contributed by atoms with Crippen LogP contribution in [0.25, 0.3) is 0 Å². The summed E-state index contributed by atoms with van der Waals surface area (Å²) < 4.78 is 27.8. The van der Waals surface area contributed by atoms with E-state index in [1.807, 2.05) is 11.8 Å². The minimum atomic E-state index is -3.69. The normalized spacial score (nSPS) is 11.3. The molecule has 3 N–H and O–H groups in total. The smallest absolute Gasteiger partial charge is 0.238 e. The fourth-order valence-electron chi connectivity index (χ4n) is 1.60. The number of unbranched alkanes of at least 4 members (excludes halogenated alkanes) is 1. The maximum Gasteiger partial charge on any atom is 0.238 e. The summed E-state index contributed by atoms with van der Waals surface area (Å²) in [6.45, 7) is 0.769. The van der Waals surface area contributed by atoms with Gasteiger partial charge in [0.15, 0.2) is 0 Å². The van der Waals surface area contributed by atoms with E-state index < -0.39 is 10.0 Å². The standard InChI is InChI=1S/C12H20N2O3S2/c1-17-12-6-5-10(19(13,15)16)9-11(12)14-7-3-4-8-18-2/h5-6,9,14H,3-4,7-8H2,1-2H3,(H2,13,15,16). The molecule has 0 fully saturated rings. The predicted octanol–water partition coefficient (Wildman–Crippen LogP) is 1.90. The molecular weight excluding hydrogens is 284 g/mol. The van der Waals surface area contributed by atoms with Gasteiger partial charge in [0.2, 0.25) is 10.0 Å². The lowest BCUT2D eigenvalue weighted by Crippen LogP contribution is -2.13. The maximum atomic E-state index is 11.3. The summed E-state index contributed by atoms with van der Waals surface area (Å²) in [6.07, 6.45) is 4.21. The van der Waals surface area contributed by atoms with Crippen LogP contribution in [0.1, 0.15) is 12.8 Å². The van der Waals surface area contributed by atoms with Crippen molar-refractivity contribution in [3.63, 3.8) is 0 Å². The van der Waals surface area contributed by atoms with Crippen LogP contribution < -0.4 is 15.2 Å². The number of primary sulfonamides is 1. The Morgan fingerprint density at radius 3 is 2.68 bits per heavy atom. The van der Waals surface area contributed by atoms with Crippen LogP contribution in [0.4, 0.5) is 5.69 Å². The number of nitrogens with two attached hydrogens (primary N) is 1. The second-order valence-corrected chi connectivity index (χ2v) is 6.58. The molecule has 0 heterocycles. The number of rotatable bonds is 8. The molecule has 108 valence electrons. The summed E-state index contributed by atoms with van der Waals surface area (Å²) in [7, 11) is -2.14. The van der Waals surface area contributed by atoms with E-state index in [0.29, 0.717) is 11.4 Å². The van der Waals surface area contributed by atoms with Gasteiger partial charge in [0.1, 0.15) is 5.75 Å². The summed E-state index contributed by atoms with van der Waals surface area (Å²) in [5.74, 6) is 1.73. The van der Waals surface area contributed by atoms with Crippen molar-refractivity contribution in [2.45, 2.75) is 17.7 Å². The minimum absolute atomic E-state index is 0.0833. The van der Waals surface area contributed by atoms with Gasteiger partial charge in [-0.05, 0) is 43.0 Å². The van der Waals surface area contributed by atoms with E-state index in [1.165, 1.54) is 12.1 Å². The molecule has 19 heavy (non-hydrogen) atoms. The van der Waals surface area contributed by atoms with E-state index in [-0.39, 0.29) is 4.90 Å². The molecule has 1 rings (SSSR count). The van der Waals surface area contributed by atoms with Crippen molar-refractivity contribution in [3.8, 4) is 5.75 Å². The van der Waals surface area contributed by atoms with Crippen molar-refractivity contribution >= 4 is 27.5 Å². The molecule has 0 saturated heterocycles. The molecule has 0 bridgehead atoms. The summed E-state index contributed by atoms with van der Waals surface area (Å²) in [6, 6.07) is 4.54. The van der Waals surface area contributed by atoms with Gasteiger partial charge in [0.05, 0.1) is 17.7 Å². The average Bonchev–Trinajstić information content (AvgIpc) is 2.37. The first-order valence-electron chi connectivity index (χ1n) is 5.92. The third-order valence-corrected chi connectivity index (χ3v) is 4.20. The Morgan fingerprint density at radius 2 is 2.11 bits per heavy atom. The van der Waals surface area contributed by atoms with Crippen molar-refractivity contribution in [2.24, 2.45) is 5.14 Å². The maximum absolute atomic E-state index is 11.3. The third kappa shape index (κ3) is 5.30. The van der Waals surface area contributed by atoms with Crippen molar-refractivity contribution in [1.82, 2.24) is 0 Å². The topological polar surface area (TPSA) is 81.4 Å². The summed E-state index contributed by atoms with van der Waals surface area (Å²) in [4.78, 5) is 0.0833. The van der Waals surface area contributed by atoms with E-state index >= 15 is 0 Å². The molecule has 0 amide bonds. The van der Waals surface area contributed by atoms with Gasteiger partial charge in [0, 0.05) is 6.54 Å². The van der Waals surface area contributed by atoms with Crippen molar-refractivity contribution < 1.29 is 13.2 Å². The first-order chi connectivity index (χ1) is 8.99. The van der Waals surface area contributed by atoms with E-state index in [9.17, 15) is 8.42 Å². The van der Waals surface area contributed by atoms with Gasteiger partial charge in [-0.1, -0.05) is 0 Å². The van der Waals surface area contributed by atoms with Gasteiger partial charge in [0.25, 0.3) is 0 Å². The Hall–Kier alpha value is -0.920.